The zero-order valence-electron chi connectivity index (χ0n) is 14.7. The summed E-state index contributed by atoms with van der Waals surface area (Å²) in [6, 6.07) is 23.4. The van der Waals surface area contributed by atoms with Crippen molar-refractivity contribution in [3.63, 3.8) is 0 Å². The fourth-order valence-corrected chi connectivity index (χ4v) is 2.01. The number of aryl methyl sites for hydroxylation is 3. The number of anilines is 3. The molecule has 0 heterocycles. The van der Waals surface area contributed by atoms with Crippen LogP contribution in [0.5, 0.6) is 0 Å². The van der Waals surface area contributed by atoms with Crippen LogP contribution in [0.3, 0.4) is 0 Å². The van der Waals surface area contributed by atoms with E-state index >= 15 is 0 Å². The Morgan fingerprint density at radius 3 is 0.833 bits per heavy atom. The summed E-state index contributed by atoms with van der Waals surface area (Å²) in [6.07, 6.45) is 0. The van der Waals surface area contributed by atoms with Gasteiger partial charge >= 0.3 is 0 Å². The smallest absolute Gasteiger partial charge is 0.0316 e. The van der Waals surface area contributed by atoms with Crippen LogP contribution < -0.4 is 17.2 Å². The summed E-state index contributed by atoms with van der Waals surface area (Å²) < 4.78 is 0. The van der Waals surface area contributed by atoms with Crippen LogP contribution in [0.1, 0.15) is 16.7 Å². The summed E-state index contributed by atoms with van der Waals surface area (Å²) in [6.45, 7) is 6.07. The zero-order valence-corrected chi connectivity index (χ0v) is 14.7. The van der Waals surface area contributed by atoms with Gasteiger partial charge in [0.05, 0.1) is 0 Å². The van der Waals surface area contributed by atoms with Crippen molar-refractivity contribution in [2.45, 2.75) is 20.8 Å². The molecule has 0 aliphatic rings. The molecule has 3 aromatic rings. The van der Waals surface area contributed by atoms with Crippen molar-refractivity contribution in [3.8, 4) is 0 Å². The summed E-state index contributed by atoms with van der Waals surface area (Å²) in [5.74, 6) is 0. The summed E-state index contributed by atoms with van der Waals surface area (Å²) in [5.41, 5.74) is 22.5. The second kappa shape index (κ2) is 9.95. The summed E-state index contributed by atoms with van der Waals surface area (Å²) >= 11 is 0. The maximum absolute atomic E-state index is 5.46. The van der Waals surface area contributed by atoms with E-state index in [0.29, 0.717) is 0 Å². The molecule has 0 bridgehead atoms. The Labute approximate surface area is 145 Å². The minimum absolute atomic E-state index is 0.838. The second-order valence-corrected chi connectivity index (χ2v) is 5.74. The Kier molecular flexibility index (Phi) is 7.92. The van der Waals surface area contributed by atoms with Crippen molar-refractivity contribution < 1.29 is 0 Å². The van der Waals surface area contributed by atoms with Crippen LogP contribution >= 0.6 is 0 Å². The molecule has 3 rings (SSSR count). The number of rotatable bonds is 0. The molecule has 0 saturated carbocycles. The number of hydrogen-bond donors (Lipinski definition) is 3. The number of nitrogens with two attached hydrogens (primary N) is 3. The molecule has 0 fully saturated rings. The van der Waals surface area contributed by atoms with E-state index in [-0.39, 0.29) is 0 Å². The Hall–Kier alpha value is -2.94. The van der Waals surface area contributed by atoms with Crippen molar-refractivity contribution in [1.82, 2.24) is 0 Å². The van der Waals surface area contributed by atoms with Crippen molar-refractivity contribution in [3.05, 3.63) is 89.5 Å². The van der Waals surface area contributed by atoms with Gasteiger partial charge in [-0.2, -0.15) is 0 Å². The first-order valence-electron chi connectivity index (χ1n) is 7.83. The highest BCUT2D eigenvalue weighted by Crippen LogP contribution is 2.04. The maximum Gasteiger partial charge on any atom is 0.0316 e. The second-order valence-electron chi connectivity index (χ2n) is 5.74. The number of hydrogen-bond acceptors (Lipinski definition) is 3. The molecule has 3 heteroatoms. The van der Waals surface area contributed by atoms with Gasteiger partial charge in [-0.05, 0) is 73.9 Å². The van der Waals surface area contributed by atoms with Gasteiger partial charge in [0.15, 0.2) is 0 Å². The van der Waals surface area contributed by atoms with E-state index in [9.17, 15) is 0 Å². The van der Waals surface area contributed by atoms with E-state index < -0.39 is 0 Å². The van der Waals surface area contributed by atoms with Crippen LogP contribution in [0, 0.1) is 20.8 Å². The third kappa shape index (κ3) is 8.49. The molecule has 0 aliphatic carbocycles. The van der Waals surface area contributed by atoms with Crippen LogP contribution in [0.2, 0.25) is 0 Å². The summed E-state index contributed by atoms with van der Waals surface area (Å²) in [5, 5.41) is 0. The topological polar surface area (TPSA) is 78.1 Å². The van der Waals surface area contributed by atoms with Gasteiger partial charge in [0.1, 0.15) is 0 Å². The standard InChI is InChI=1S/3C7H9N/c3*1-6-3-2-4-7(8)5-6/h3*2-5H,8H2,1H3. The summed E-state index contributed by atoms with van der Waals surface area (Å²) in [7, 11) is 0. The van der Waals surface area contributed by atoms with E-state index in [4.69, 9.17) is 17.2 Å². The van der Waals surface area contributed by atoms with Crippen LogP contribution in [0.4, 0.5) is 17.1 Å². The highest BCUT2D eigenvalue weighted by Gasteiger charge is 1.82. The molecule has 0 amide bonds. The predicted molar refractivity (Wildman–Crippen MR) is 107 cm³/mol. The van der Waals surface area contributed by atoms with Crippen molar-refractivity contribution in [2.24, 2.45) is 0 Å². The fourth-order valence-electron chi connectivity index (χ4n) is 2.01. The highest BCUT2D eigenvalue weighted by atomic mass is 14.5. The molecular weight excluding hydrogens is 294 g/mol. The lowest BCUT2D eigenvalue weighted by atomic mass is 10.2. The average molecular weight is 321 g/mol. The Bertz CT molecular complexity index is 596. The average Bonchev–Trinajstić information content (AvgIpc) is 2.47. The van der Waals surface area contributed by atoms with Crippen LogP contribution in [-0.2, 0) is 0 Å². The Morgan fingerprint density at radius 2 is 0.708 bits per heavy atom. The van der Waals surface area contributed by atoms with Crippen molar-refractivity contribution in [1.29, 1.82) is 0 Å². The lowest BCUT2D eigenvalue weighted by Crippen LogP contribution is -1.82. The Morgan fingerprint density at radius 1 is 0.458 bits per heavy atom. The minimum atomic E-state index is 0.838. The minimum Gasteiger partial charge on any atom is -0.399 e. The molecule has 6 N–H and O–H groups in total. The van der Waals surface area contributed by atoms with Gasteiger partial charge in [-0.1, -0.05) is 36.4 Å². The van der Waals surface area contributed by atoms with E-state index in [1.165, 1.54) is 16.7 Å². The largest absolute Gasteiger partial charge is 0.399 e. The molecule has 0 radical (unpaired) electrons. The van der Waals surface area contributed by atoms with Gasteiger partial charge in [0.25, 0.3) is 0 Å². The first-order valence-corrected chi connectivity index (χ1v) is 7.83. The van der Waals surface area contributed by atoms with Crippen LogP contribution in [0.25, 0.3) is 0 Å². The lowest BCUT2D eigenvalue weighted by molar-refractivity contribution is 1.47. The van der Waals surface area contributed by atoms with E-state index in [1.807, 2.05) is 93.6 Å². The monoisotopic (exact) mass is 321 g/mol. The molecule has 3 nitrogen and oxygen atoms in total. The van der Waals surface area contributed by atoms with Gasteiger partial charge in [-0.15, -0.1) is 0 Å². The molecule has 0 saturated heterocycles. The molecule has 24 heavy (non-hydrogen) atoms. The van der Waals surface area contributed by atoms with Crippen molar-refractivity contribution in [2.75, 3.05) is 17.2 Å². The molecule has 3 aromatic carbocycles. The highest BCUT2D eigenvalue weighted by molar-refractivity contribution is 5.41. The maximum atomic E-state index is 5.46. The first-order chi connectivity index (χ1) is 11.4. The van der Waals surface area contributed by atoms with Crippen LogP contribution in [-0.4, -0.2) is 0 Å². The molecule has 0 unspecified atom stereocenters. The third-order valence-electron chi connectivity index (χ3n) is 3.13. The van der Waals surface area contributed by atoms with E-state index in [2.05, 4.69) is 0 Å². The molecule has 0 aromatic heterocycles. The molecule has 0 aliphatic heterocycles. The molecular formula is C21H27N3. The SMILES string of the molecule is Cc1cccc(N)c1.Cc1cccc(N)c1.Cc1cccc(N)c1. The quantitative estimate of drug-likeness (QED) is 0.524. The van der Waals surface area contributed by atoms with Gasteiger partial charge in [-0.25, -0.2) is 0 Å². The number of benzene rings is 3. The summed E-state index contributed by atoms with van der Waals surface area (Å²) in [4.78, 5) is 0. The lowest BCUT2D eigenvalue weighted by Gasteiger charge is -1.91. The van der Waals surface area contributed by atoms with Gasteiger partial charge < -0.3 is 17.2 Å². The third-order valence-corrected chi connectivity index (χ3v) is 3.13. The van der Waals surface area contributed by atoms with E-state index in [0.717, 1.165) is 17.1 Å². The van der Waals surface area contributed by atoms with Crippen LogP contribution in [0.15, 0.2) is 72.8 Å². The van der Waals surface area contributed by atoms with Crippen molar-refractivity contribution >= 4 is 17.1 Å². The molecule has 126 valence electrons. The molecule has 0 spiro atoms. The number of nitrogen functional groups attached to an aromatic ring is 3. The van der Waals surface area contributed by atoms with Gasteiger partial charge in [0, 0.05) is 17.1 Å². The Balaban J connectivity index is 0.000000180. The predicted octanol–water partition coefficient (Wildman–Crippen LogP) is 4.73. The molecule has 0 atom stereocenters. The van der Waals surface area contributed by atoms with Gasteiger partial charge in [-0.3, -0.25) is 0 Å². The first kappa shape index (κ1) is 19.1. The van der Waals surface area contributed by atoms with E-state index in [1.54, 1.807) is 0 Å². The fraction of sp³-hybridized carbons (Fsp3) is 0.143. The van der Waals surface area contributed by atoms with Gasteiger partial charge in [0.2, 0.25) is 0 Å². The normalized spacial score (nSPS) is 9.12. The zero-order chi connectivity index (χ0) is 17.9.